The smallest absolute Gasteiger partial charge is 0.234 e. The van der Waals surface area contributed by atoms with Crippen molar-refractivity contribution >= 4 is 11.8 Å². The van der Waals surface area contributed by atoms with E-state index in [0.717, 1.165) is 36.4 Å². The van der Waals surface area contributed by atoms with Gasteiger partial charge in [-0.15, -0.1) is 0 Å². The summed E-state index contributed by atoms with van der Waals surface area (Å²) in [6, 6.07) is 16.0. The lowest BCUT2D eigenvalue weighted by Gasteiger charge is -2.19. The summed E-state index contributed by atoms with van der Waals surface area (Å²) in [5.41, 5.74) is 8.64. The Bertz CT molecular complexity index is 867. The molecule has 1 heterocycles. The first-order valence-electron chi connectivity index (χ1n) is 10.6. The van der Waals surface area contributed by atoms with E-state index in [1.54, 1.807) is 7.11 Å². The number of rotatable bonds is 9. The van der Waals surface area contributed by atoms with Crippen molar-refractivity contribution in [1.82, 2.24) is 15.5 Å². The second-order valence-electron chi connectivity index (χ2n) is 8.05. The van der Waals surface area contributed by atoms with Crippen molar-refractivity contribution in [3.8, 4) is 5.75 Å². The Morgan fingerprint density at radius 1 is 1.03 bits per heavy atom. The van der Waals surface area contributed by atoms with Gasteiger partial charge in [0.2, 0.25) is 11.8 Å². The summed E-state index contributed by atoms with van der Waals surface area (Å²) < 4.78 is 5.18. The highest BCUT2D eigenvalue weighted by molar-refractivity contribution is 5.80. The van der Waals surface area contributed by atoms with Gasteiger partial charge >= 0.3 is 0 Å². The zero-order chi connectivity index (χ0) is 22.2. The van der Waals surface area contributed by atoms with E-state index in [0.29, 0.717) is 13.1 Å². The van der Waals surface area contributed by atoms with E-state index in [2.05, 4.69) is 27.7 Å². The quantitative estimate of drug-likeness (QED) is 0.563. The molecule has 0 saturated carbocycles. The van der Waals surface area contributed by atoms with E-state index in [4.69, 9.17) is 10.5 Å². The molecule has 1 fully saturated rings. The van der Waals surface area contributed by atoms with Crippen molar-refractivity contribution < 1.29 is 14.3 Å². The highest BCUT2D eigenvalue weighted by Gasteiger charge is 2.36. The van der Waals surface area contributed by atoms with Crippen LogP contribution in [0.5, 0.6) is 5.75 Å². The van der Waals surface area contributed by atoms with Gasteiger partial charge in [0.05, 0.1) is 19.6 Å². The Hall–Kier alpha value is -2.90. The van der Waals surface area contributed by atoms with Crippen LogP contribution in [0.25, 0.3) is 0 Å². The molecule has 1 aliphatic heterocycles. The number of carbonyl (C=O) groups excluding carboxylic acids is 2. The lowest BCUT2D eigenvalue weighted by molar-refractivity contribution is -0.125. The Labute approximate surface area is 183 Å². The molecule has 166 valence electrons. The molecule has 7 heteroatoms. The van der Waals surface area contributed by atoms with Crippen LogP contribution in [0.4, 0.5) is 0 Å². The van der Waals surface area contributed by atoms with E-state index < -0.39 is 0 Å². The molecule has 2 aromatic rings. The minimum atomic E-state index is -0.173. The number of ether oxygens (including phenoxy) is 1. The third-order valence-electron chi connectivity index (χ3n) is 5.79. The normalized spacial score (nSPS) is 18.5. The summed E-state index contributed by atoms with van der Waals surface area (Å²) in [4.78, 5) is 26.5. The Morgan fingerprint density at radius 2 is 1.71 bits per heavy atom. The van der Waals surface area contributed by atoms with Gasteiger partial charge in [0, 0.05) is 32.1 Å². The average Bonchev–Trinajstić information content (AvgIpc) is 3.20. The third-order valence-corrected chi connectivity index (χ3v) is 5.79. The maximum atomic E-state index is 12.9. The van der Waals surface area contributed by atoms with Crippen LogP contribution in [-0.4, -0.2) is 57.1 Å². The highest BCUT2D eigenvalue weighted by Crippen LogP contribution is 2.32. The summed E-state index contributed by atoms with van der Waals surface area (Å²) in [6.45, 7) is 2.64. The van der Waals surface area contributed by atoms with Gasteiger partial charge in [-0.25, -0.2) is 0 Å². The van der Waals surface area contributed by atoms with Crippen LogP contribution < -0.4 is 21.1 Å². The number of nitrogens with one attached hydrogen (secondary N) is 2. The zero-order valence-electron chi connectivity index (χ0n) is 18.3. The number of amides is 2. The van der Waals surface area contributed by atoms with Gasteiger partial charge in [-0.1, -0.05) is 36.4 Å². The molecule has 7 nitrogen and oxygen atoms in total. The molecule has 4 N–H and O–H groups in total. The molecule has 2 aromatic carbocycles. The predicted octanol–water partition coefficient (Wildman–Crippen LogP) is 1.27. The van der Waals surface area contributed by atoms with Gasteiger partial charge in [-0.3, -0.25) is 9.59 Å². The summed E-state index contributed by atoms with van der Waals surface area (Å²) in [5.74, 6) is 0.828. The fourth-order valence-corrected chi connectivity index (χ4v) is 4.01. The molecule has 0 spiro atoms. The Balaban J connectivity index is 1.55. The van der Waals surface area contributed by atoms with Crippen LogP contribution >= 0.6 is 0 Å². The first-order chi connectivity index (χ1) is 15.0. The van der Waals surface area contributed by atoms with Gasteiger partial charge in [-0.05, 0) is 42.3 Å². The zero-order valence-corrected chi connectivity index (χ0v) is 18.3. The maximum Gasteiger partial charge on any atom is 0.234 e. The van der Waals surface area contributed by atoms with Gasteiger partial charge in [-0.2, -0.15) is 0 Å². The predicted molar refractivity (Wildman–Crippen MR) is 121 cm³/mol. The van der Waals surface area contributed by atoms with Crippen molar-refractivity contribution in [3.63, 3.8) is 0 Å². The number of benzene rings is 2. The molecular formula is C24H32N4O3. The molecule has 1 aliphatic rings. The number of nitrogens with zero attached hydrogens (tertiary/aromatic N) is 1. The van der Waals surface area contributed by atoms with E-state index in [9.17, 15) is 9.59 Å². The van der Waals surface area contributed by atoms with Gasteiger partial charge in [0.25, 0.3) is 0 Å². The van der Waals surface area contributed by atoms with Crippen LogP contribution in [0, 0.1) is 5.92 Å². The van der Waals surface area contributed by atoms with Crippen LogP contribution in [-0.2, 0) is 22.6 Å². The second-order valence-corrected chi connectivity index (χ2v) is 8.05. The Kier molecular flexibility index (Phi) is 8.03. The van der Waals surface area contributed by atoms with Crippen LogP contribution in [0.15, 0.2) is 48.5 Å². The topological polar surface area (TPSA) is 96.7 Å². The molecule has 2 amide bonds. The standard InChI is InChI=1S/C24H32N4O3/c1-28-15-21(19-7-3-18(4-8-19)14-27-23(29)13-25)22(16-28)24(30)26-12-11-17-5-9-20(31-2)10-6-17/h3-10,21-22H,11-16,25H2,1-2H3,(H,26,30)(H,27,29)/t21-,22-/m1/s1. The minimum Gasteiger partial charge on any atom is -0.497 e. The molecule has 2 atom stereocenters. The summed E-state index contributed by atoms with van der Waals surface area (Å²) in [7, 11) is 3.70. The highest BCUT2D eigenvalue weighted by atomic mass is 16.5. The molecule has 0 aromatic heterocycles. The number of hydrogen-bond acceptors (Lipinski definition) is 5. The van der Waals surface area contributed by atoms with E-state index in [-0.39, 0.29) is 30.2 Å². The van der Waals surface area contributed by atoms with Gasteiger partial charge < -0.3 is 26.0 Å². The lowest BCUT2D eigenvalue weighted by Crippen LogP contribution is -2.35. The van der Waals surface area contributed by atoms with Crippen LogP contribution in [0.1, 0.15) is 22.6 Å². The van der Waals surface area contributed by atoms with Crippen molar-refractivity contribution in [2.45, 2.75) is 18.9 Å². The summed E-state index contributed by atoms with van der Waals surface area (Å²) in [6.07, 6.45) is 0.784. The summed E-state index contributed by atoms with van der Waals surface area (Å²) >= 11 is 0. The monoisotopic (exact) mass is 424 g/mol. The molecule has 3 rings (SSSR count). The summed E-state index contributed by atoms with van der Waals surface area (Å²) in [5, 5.41) is 5.89. The van der Waals surface area contributed by atoms with E-state index >= 15 is 0 Å². The van der Waals surface area contributed by atoms with Crippen LogP contribution in [0.2, 0.25) is 0 Å². The van der Waals surface area contributed by atoms with Gasteiger partial charge in [0.1, 0.15) is 5.75 Å². The fourth-order valence-electron chi connectivity index (χ4n) is 4.01. The molecule has 0 bridgehead atoms. The first kappa shape index (κ1) is 22.8. The number of carbonyl (C=O) groups is 2. The van der Waals surface area contributed by atoms with Crippen molar-refractivity contribution in [2.24, 2.45) is 11.7 Å². The lowest BCUT2D eigenvalue weighted by atomic mass is 9.88. The SMILES string of the molecule is COc1ccc(CCNC(=O)[C@@H]2CN(C)C[C@@H]2c2ccc(CNC(=O)CN)cc2)cc1. The molecule has 31 heavy (non-hydrogen) atoms. The van der Waals surface area contributed by atoms with E-state index in [1.165, 1.54) is 5.56 Å². The number of methoxy groups -OCH3 is 1. The van der Waals surface area contributed by atoms with Gasteiger partial charge in [0.15, 0.2) is 0 Å². The van der Waals surface area contributed by atoms with Crippen molar-refractivity contribution in [1.29, 1.82) is 0 Å². The number of nitrogens with two attached hydrogens (primary N) is 1. The molecular weight excluding hydrogens is 392 g/mol. The fraction of sp³-hybridized carbons (Fsp3) is 0.417. The van der Waals surface area contributed by atoms with Crippen molar-refractivity contribution in [2.75, 3.05) is 40.3 Å². The number of likely N-dealkylation sites (N-methyl/N-ethyl adjacent to an activating group) is 1. The largest absolute Gasteiger partial charge is 0.497 e. The number of hydrogen-bond donors (Lipinski definition) is 3. The third kappa shape index (κ3) is 6.29. The molecule has 0 unspecified atom stereocenters. The minimum absolute atomic E-state index is 0.0122. The molecule has 0 radical (unpaired) electrons. The maximum absolute atomic E-state index is 12.9. The second kappa shape index (κ2) is 10.9. The van der Waals surface area contributed by atoms with Crippen molar-refractivity contribution in [3.05, 3.63) is 65.2 Å². The van der Waals surface area contributed by atoms with Crippen LogP contribution in [0.3, 0.4) is 0 Å². The first-order valence-corrected chi connectivity index (χ1v) is 10.6. The number of likely N-dealkylation sites (tertiary alicyclic amines) is 1. The molecule has 1 saturated heterocycles. The average molecular weight is 425 g/mol. The van der Waals surface area contributed by atoms with E-state index in [1.807, 2.05) is 43.4 Å². The Morgan fingerprint density at radius 3 is 2.35 bits per heavy atom. The molecule has 0 aliphatic carbocycles.